The monoisotopic (exact) mass is 417 g/mol. The number of esters is 1. The molecule has 0 heterocycles. The molecule has 0 aromatic heterocycles. The van der Waals surface area contributed by atoms with Crippen molar-refractivity contribution in [1.29, 1.82) is 0 Å². The van der Waals surface area contributed by atoms with Gasteiger partial charge in [-0.05, 0) is 37.3 Å². The molecule has 11 nitrogen and oxygen atoms in total. The molecule has 0 aliphatic rings. The summed E-state index contributed by atoms with van der Waals surface area (Å²) >= 11 is 0. The van der Waals surface area contributed by atoms with Gasteiger partial charge >= 0.3 is 5.97 Å². The van der Waals surface area contributed by atoms with Gasteiger partial charge in [0.2, 0.25) is 0 Å². The summed E-state index contributed by atoms with van der Waals surface area (Å²) in [5, 5.41) is 10.6. The Morgan fingerprint density at radius 1 is 1.00 bits per heavy atom. The molecular formula is C19H19N3O8. The number of hydrogen-bond acceptors (Lipinski definition) is 8. The van der Waals surface area contributed by atoms with Gasteiger partial charge in [0.1, 0.15) is 0 Å². The maximum absolute atomic E-state index is 12.1. The molecule has 0 saturated heterocycles. The highest BCUT2D eigenvalue weighted by Gasteiger charge is 2.15. The lowest BCUT2D eigenvalue weighted by Crippen LogP contribution is -2.43. The average Bonchev–Trinajstić information content (AvgIpc) is 2.76. The van der Waals surface area contributed by atoms with E-state index in [1.54, 1.807) is 13.0 Å². The van der Waals surface area contributed by atoms with Gasteiger partial charge in [-0.25, -0.2) is 4.79 Å². The number of hydrazine groups is 1. The normalized spacial score (nSPS) is 9.93. The number of rotatable bonds is 8. The molecule has 0 atom stereocenters. The van der Waals surface area contributed by atoms with Crippen molar-refractivity contribution in [2.45, 2.75) is 6.92 Å². The lowest BCUT2D eigenvalue weighted by Gasteiger charge is -2.11. The van der Waals surface area contributed by atoms with Gasteiger partial charge in [0.15, 0.2) is 18.1 Å². The van der Waals surface area contributed by atoms with Gasteiger partial charge in [-0.3, -0.25) is 30.6 Å². The van der Waals surface area contributed by atoms with Gasteiger partial charge < -0.3 is 14.2 Å². The Kier molecular flexibility index (Phi) is 7.68. The largest absolute Gasteiger partial charge is 0.493 e. The van der Waals surface area contributed by atoms with Crippen molar-refractivity contribution in [3.63, 3.8) is 0 Å². The molecular weight excluding hydrogens is 398 g/mol. The second-order valence-electron chi connectivity index (χ2n) is 5.68. The van der Waals surface area contributed by atoms with Gasteiger partial charge in [-0.15, -0.1) is 0 Å². The van der Waals surface area contributed by atoms with Crippen molar-refractivity contribution in [3.05, 3.63) is 63.7 Å². The first-order valence-corrected chi connectivity index (χ1v) is 8.67. The fourth-order valence-corrected chi connectivity index (χ4v) is 2.25. The predicted octanol–water partition coefficient (Wildman–Crippen LogP) is 1.62. The molecule has 11 heteroatoms. The van der Waals surface area contributed by atoms with E-state index in [4.69, 9.17) is 14.2 Å². The van der Waals surface area contributed by atoms with Gasteiger partial charge in [-0.1, -0.05) is 0 Å². The minimum Gasteiger partial charge on any atom is -0.493 e. The molecule has 0 unspecified atom stereocenters. The van der Waals surface area contributed by atoms with Crippen molar-refractivity contribution in [2.75, 3.05) is 20.3 Å². The molecule has 0 aliphatic heterocycles. The van der Waals surface area contributed by atoms with Crippen molar-refractivity contribution >= 4 is 23.5 Å². The summed E-state index contributed by atoms with van der Waals surface area (Å²) in [5.74, 6) is -1.44. The molecule has 0 aliphatic carbocycles. The van der Waals surface area contributed by atoms with Crippen LogP contribution < -0.4 is 20.3 Å². The minimum atomic E-state index is -0.781. The maximum atomic E-state index is 12.1. The molecule has 0 saturated carbocycles. The van der Waals surface area contributed by atoms with Crippen LogP contribution in [0.3, 0.4) is 0 Å². The van der Waals surface area contributed by atoms with E-state index < -0.39 is 29.3 Å². The average molecular weight is 417 g/mol. The Balaban J connectivity index is 1.84. The highest BCUT2D eigenvalue weighted by molar-refractivity contribution is 5.96. The molecule has 0 spiro atoms. The van der Waals surface area contributed by atoms with Crippen molar-refractivity contribution in [1.82, 2.24) is 10.9 Å². The van der Waals surface area contributed by atoms with E-state index in [1.165, 1.54) is 31.4 Å². The Hall–Kier alpha value is -4.15. The number of carbonyl (C=O) groups is 3. The van der Waals surface area contributed by atoms with E-state index in [2.05, 4.69) is 10.9 Å². The summed E-state index contributed by atoms with van der Waals surface area (Å²) in [6.45, 7) is 1.58. The number of nitrogens with one attached hydrogen (secondary N) is 2. The minimum absolute atomic E-state index is 0.0966. The smallest absolute Gasteiger partial charge is 0.338 e. The number of ether oxygens (including phenoxy) is 3. The summed E-state index contributed by atoms with van der Waals surface area (Å²) in [6.07, 6.45) is 0. The lowest BCUT2D eigenvalue weighted by molar-refractivity contribution is -0.384. The Morgan fingerprint density at radius 2 is 1.67 bits per heavy atom. The first-order chi connectivity index (χ1) is 14.3. The second-order valence-corrected chi connectivity index (χ2v) is 5.68. The molecule has 0 fully saturated rings. The molecule has 2 rings (SSSR count). The van der Waals surface area contributed by atoms with Gasteiger partial charge in [0.25, 0.3) is 17.5 Å². The number of benzene rings is 2. The third kappa shape index (κ3) is 5.92. The van der Waals surface area contributed by atoms with Crippen LogP contribution in [0.25, 0.3) is 0 Å². The van der Waals surface area contributed by atoms with Crippen LogP contribution in [0.15, 0.2) is 42.5 Å². The van der Waals surface area contributed by atoms with Gasteiger partial charge in [0.05, 0.1) is 24.2 Å². The van der Waals surface area contributed by atoms with E-state index in [9.17, 15) is 24.5 Å². The first kappa shape index (κ1) is 22.1. The van der Waals surface area contributed by atoms with Crippen LogP contribution in [0.4, 0.5) is 5.69 Å². The number of nitrogens with zero attached hydrogens (tertiary/aromatic N) is 1. The quantitative estimate of drug-likeness (QED) is 0.374. The summed E-state index contributed by atoms with van der Waals surface area (Å²) in [4.78, 5) is 45.8. The molecule has 2 N–H and O–H groups in total. The fourth-order valence-electron chi connectivity index (χ4n) is 2.25. The third-order valence-electron chi connectivity index (χ3n) is 3.69. The molecule has 2 amide bonds. The number of nitro groups is 1. The van der Waals surface area contributed by atoms with Crippen LogP contribution in [0.1, 0.15) is 27.6 Å². The lowest BCUT2D eigenvalue weighted by atomic mass is 10.2. The van der Waals surface area contributed by atoms with Crippen LogP contribution in [0.5, 0.6) is 11.5 Å². The van der Waals surface area contributed by atoms with E-state index in [0.717, 1.165) is 12.1 Å². The van der Waals surface area contributed by atoms with Crippen LogP contribution in [0, 0.1) is 10.1 Å². The highest BCUT2D eigenvalue weighted by Crippen LogP contribution is 2.28. The van der Waals surface area contributed by atoms with Crippen LogP contribution in [-0.4, -0.2) is 43.0 Å². The third-order valence-corrected chi connectivity index (χ3v) is 3.69. The van der Waals surface area contributed by atoms with E-state index >= 15 is 0 Å². The van der Waals surface area contributed by atoms with E-state index in [-0.39, 0.29) is 16.8 Å². The zero-order valence-electron chi connectivity index (χ0n) is 16.2. The zero-order chi connectivity index (χ0) is 22.1. The summed E-state index contributed by atoms with van der Waals surface area (Å²) in [6, 6.07) is 9.21. The van der Waals surface area contributed by atoms with Crippen molar-refractivity contribution in [3.8, 4) is 11.5 Å². The van der Waals surface area contributed by atoms with Crippen LogP contribution in [0.2, 0.25) is 0 Å². The summed E-state index contributed by atoms with van der Waals surface area (Å²) in [7, 11) is 1.42. The first-order valence-electron chi connectivity index (χ1n) is 8.67. The maximum Gasteiger partial charge on any atom is 0.338 e. The van der Waals surface area contributed by atoms with Crippen LogP contribution in [-0.2, 0) is 9.53 Å². The molecule has 0 bridgehead atoms. The molecule has 2 aromatic rings. The van der Waals surface area contributed by atoms with E-state index in [0.29, 0.717) is 18.1 Å². The topological polar surface area (TPSA) is 146 Å². The standard InChI is InChI=1S/C19H19N3O8/c1-3-29-15-9-6-13(10-16(15)28-2)19(25)30-11-17(23)20-21-18(24)12-4-7-14(8-5-12)22(26)27/h4-10H,3,11H2,1-2H3,(H,20,23)(H,21,24). The Morgan fingerprint density at radius 3 is 2.27 bits per heavy atom. The van der Waals surface area contributed by atoms with Gasteiger partial charge in [-0.2, -0.15) is 0 Å². The number of methoxy groups -OCH3 is 1. The zero-order valence-corrected chi connectivity index (χ0v) is 16.2. The SMILES string of the molecule is CCOc1ccc(C(=O)OCC(=O)NNC(=O)c2ccc([N+](=O)[O-])cc2)cc1OC. The number of nitro benzene ring substituents is 1. The van der Waals surface area contributed by atoms with Gasteiger partial charge in [0, 0.05) is 17.7 Å². The molecule has 0 radical (unpaired) electrons. The summed E-state index contributed by atoms with van der Waals surface area (Å²) < 4.78 is 15.4. The molecule has 158 valence electrons. The fraction of sp³-hybridized carbons (Fsp3) is 0.211. The second kappa shape index (κ2) is 10.4. The van der Waals surface area contributed by atoms with Crippen molar-refractivity contribution in [2.24, 2.45) is 0 Å². The molecule has 2 aromatic carbocycles. The summed E-state index contributed by atoms with van der Waals surface area (Å²) in [5.41, 5.74) is 4.27. The van der Waals surface area contributed by atoms with Crippen LogP contribution >= 0.6 is 0 Å². The number of non-ortho nitro benzene ring substituents is 1. The highest BCUT2D eigenvalue weighted by atomic mass is 16.6. The number of amides is 2. The van der Waals surface area contributed by atoms with Crippen molar-refractivity contribution < 1.29 is 33.5 Å². The van der Waals surface area contributed by atoms with E-state index in [1.807, 2.05) is 0 Å². The number of hydrogen-bond donors (Lipinski definition) is 2. The predicted molar refractivity (Wildman–Crippen MR) is 103 cm³/mol. The Labute approximate surface area is 171 Å². The Bertz CT molecular complexity index is 943. The number of carbonyl (C=O) groups excluding carboxylic acids is 3. The molecule has 30 heavy (non-hydrogen) atoms.